The lowest BCUT2D eigenvalue weighted by atomic mass is 10.1. The molecule has 1 unspecified atom stereocenters. The topological polar surface area (TPSA) is 29.9 Å². The molecular formula is C13H16BrN3. The molecule has 1 heterocycles. The van der Waals surface area contributed by atoms with E-state index in [1.165, 1.54) is 11.3 Å². The van der Waals surface area contributed by atoms with Gasteiger partial charge in [-0.15, -0.1) is 0 Å². The number of rotatable bonds is 4. The third-order valence-corrected chi connectivity index (χ3v) is 3.40. The average Bonchev–Trinajstić information content (AvgIpc) is 2.73. The number of benzene rings is 1. The van der Waals surface area contributed by atoms with Crippen molar-refractivity contribution in [1.29, 1.82) is 0 Å². The normalized spacial score (nSPS) is 12.6. The highest BCUT2D eigenvalue weighted by molar-refractivity contribution is 9.10. The van der Waals surface area contributed by atoms with Crippen molar-refractivity contribution < 1.29 is 0 Å². The summed E-state index contributed by atoms with van der Waals surface area (Å²) in [5.74, 6) is 0. The summed E-state index contributed by atoms with van der Waals surface area (Å²) >= 11 is 3.44. The average molecular weight is 294 g/mol. The quantitative estimate of drug-likeness (QED) is 0.939. The summed E-state index contributed by atoms with van der Waals surface area (Å²) in [5, 5.41) is 3.49. The van der Waals surface area contributed by atoms with Gasteiger partial charge in [-0.1, -0.05) is 28.1 Å². The lowest BCUT2D eigenvalue weighted by Crippen LogP contribution is -2.19. The SMILES string of the molecule is CC(NCc1cncn1C)c1ccc(Br)cc1. The molecule has 0 aliphatic heterocycles. The van der Waals surface area contributed by atoms with Gasteiger partial charge in [0.15, 0.2) is 0 Å². The number of halogens is 1. The van der Waals surface area contributed by atoms with Crippen LogP contribution in [0.5, 0.6) is 0 Å². The molecule has 0 aliphatic rings. The van der Waals surface area contributed by atoms with Crippen LogP contribution < -0.4 is 5.32 Å². The molecule has 0 bridgehead atoms. The van der Waals surface area contributed by atoms with E-state index in [0.717, 1.165) is 11.0 Å². The Hall–Kier alpha value is -1.13. The maximum absolute atomic E-state index is 4.10. The molecule has 1 aromatic heterocycles. The summed E-state index contributed by atoms with van der Waals surface area (Å²) < 4.78 is 3.14. The van der Waals surface area contributed by atoms with Crippen LogP contribution in [0, 0.1) is 0 Å². The van der Waals surface area contributed by atoms with E-state index in [0.29, 0.717) is 6.04 Å². The second-order valence-corrected chi connectivity index (χ2v) is 5.07. The van der Waals surface area contributed by atoms with Crippen LogP contribution in [0.25, 0.3) is 0 Å². The summed E-state index contributed by atoms with van der Waals surface area (Å²) in [7, 11) is 2.01. The van der Waals surface area contributed by atoms with E-state index in [1.807, 2.05) is 24.1 Å². The van der Waals surface area contributed by atoms with Crippen LogP contribution in [0.1, 0.15) is 24.2 Å². The molecule has 1 aromatic carbocycles. The van der Waals surface area contributed by atoms with E-state index in [9.17, 15) is 0 Å². The van der Waals surface area contributed by atoms with Gasteiger partial charge in [0.1, 0.15) is 0 Å². The highest BCUT2D eigenvalue weighted by Crippen LogP contribution is 2.16. The second-order valence-electron chi connectivity index (χ2n) is 4.15. The Balaban J connectivity index is 1.95. The fraction of sp³-hybridized carbons (Fsp3) is 0.308. The Kier molecular flexibility index (Phi) is 3.97. The lowest BCUT2D eigenvalue weighted by Gasteiger charge is -2.14. The highest BCUT2D eigenvalue weighted by Gasteiger charge is 2.05. The first-order chi connectivity index (χ1) is 8.16. The van der Waals surface area contributed by atoms with Crippen LogP contribution in [-0.2, 0) is 13.6 Å². The number of hydrogen-bond donors (Lipinski definition) is 1. The fourth-order valence-electron chi connectivity index (χ4n) is 1.68. The standard InChI is InChI=1S/C13H16BrN3/c1-10(11-3-5-12(14)6-4-11)16-8-13-7-15-9-17(13)2/h3-7,9-10,16H,8H2,1-2H3. The lowest BCUT2D eigenvalue weighted by molar-refractivity contribution is 0.558. The van der Waals surface area contributed by atoms with Crippen LogP contribution in [0.4, 0.5) is 0 Å². The highest BCUT2D eigenvalue weighted by atomic mass is 79.9. The summed E-state index contributed by atoms with van der Waals surface area (Å²) in [6.07, 6.45) is 3.71. The van der Waals surface area contributed by atoms with Gasteiger partial charge in [0, 0.05) is 30.3 Å². The van der Waals surface area contributed by atoms with Gasteiger partial charge >= 0.3 is 0 Å². The van der Waals surface area contributed by atoms with E-state index >= 15 is 0 Å². The van der Waals surface area contributed by atoms with E-state index < -0.39 is 0 Å². The van der Waals surface area contributed by atoms with Gasteiger partial charge in [-0.05, 0) is 24.6 Å². The third kappa shape index (κ3) is 3.17. The number of imidazole rings is 1. The van der Waals surface area contributed by atoms with Gasteiger partial charge < -0.3 is 9.88 Å². The zero-order chi connectivity index (χ0) is 12.3. The fourth-order valence-corrected chi connectivity index (χ4v) is 1.95. The summed E-state index contributed by atoms with van der Waals surface area (Å²) in [6, 6.07) is 8.73. The first-order valence-electron chi connectivity index (χ1n) is 5.61. The zero-order valence-corrected chi connectivity index (χ0v) is 11.6. The van der Waals surface area contributed by atoms with Crippen molar-refractivity contribution in [3.8, 4) is 0 Å². The Morgan fingerprint density at radius 3 is 2.65 bits per heavy atom. The minimum atomic E-state index is 0.331. The summed E-state index contributed by atoms with van der Waals surface area (Å²) in [5.41, 5.74) is 2.48. The molecule has 3 nitrogen and oxygen atoms in total. The third-order valence-electron chi connectivity index (χ3n) is 2.88. The molecule has 2 rings (SSSR count). The van der Waals surface area contributed by atoms with Crippen LogP contribution in [0.15, 0.2) is 41.3 Å². The van der Waals surface area contributed by atoms with Crippen molar-refractivity contribution >= 4 is 15.9 Å². The minimum absolute atomic E-state index is 0.331. The molecule has 1 atom stereocenters. The van der Waals surface area contributed by atoms with Crippen molar-refractivity contribution in [2.45, 2.75) is 19.5 Å². The monoisotopic (exact) mass is 293 g/mol. The maximum Gasteiger partial charge on any atom is 0.0945 e. The number of aromatic nitrogens is 2. The predicted molar refractivity (Wildman–Crippen MR) is 72.6 cm³/mol. The molecule has 0 spiro atoms. The Morgan fingerprint density at radius 2 is 2.06 bits per heavy atom. The number of nitrogens with one attached hydrogen (secondary N) is 1. The molecule has 0 amide bonds. The maximum atomic E-state index is 4.10. The predicted octanol–water partition coefficient (Wildman–Crippen LogP) is 3.03. The van der Waals surface area contributed by atoms with Crippen molar-refractivity contribution in [2.24, 2.45) is 7.05 Å². The summed E-state index contributed by atoms with van der Waals surface area (Å²) in [4.78, 5) is 4.10. The van der Waals surface area contributed by atoms with Crippen molar-refractivity contribution in [2.75, 3.05) is 0 Å². The van der Waals surface area contributed by atoms with Crippen LogP contribution in [0.2, 0.25) is 0 Å². The molecule has 0 fully saturated rings. The molecule has 90 valence electrons. The molecule has 0 radical (unpaired) electrons. The van der Waals surface area contributed by atoms with Crippen LogP contribution >= 0.6 is 15.9 Å². The first kappa shape index (κ1) is 12.3. The van der Waals surface area contributed by atoms with Crippen LogP contribution in [0.3, 0.4) is 0 Å². The smallest absolute Gasteiger partial charge is 0.0945 e. The molecular weight excluding hydrogens is 278 g/mol. The Morgan fingerprint density at radius 1 is 1.35 bits per heavy atom. The van der Waals surface area contributed by atoms with E-state index in [2.05, 4.69) is 57.4 Å². The van der Waals surface area contributed by atoms with Gasteiger partial charge in [-0.3, -0.25) is 0 Å². The van der Waals surface area contributed by atoms with Crippen LogP contribution in [-0.4, -0.2) is 9.55 Å². The summed E-state index contributed by atoms with van der Waals surface area (Å²) in [6.45, 7) is 2.99. The van der Waals surface area contributed by atoms with Crippen molar-refractivity contribution in [3.63, 3.8) is 0 Å². The second kappa shape index (κ2) is 5.47. The minimum Gasteiger partial charge on any atom is -0.337 e. The first-order valence-corrected chi connectivity index (χ1v) is 6.40. The van der Waals surface area contributed by atoms with Gasteiger partial charge in [-0.2, -0.15) is 0 Å². The van der Waals surface area contributed by atoms with E-state index in [-0.39, 0.29) is 0 Å². The van der Waals surface area contributed by atoms with Crippen molar-refractivity contribution in [3.05, 3.63) is 52.5 Å². The molecule has 0 saturated heterocycles. The van der Waals surface area contributed by atoms with Gasteiger partial charge in [-0.25, -0.2) is 4.98 Å². The Bertz CT molecular complexity index is 476. The van der Waals surface area contributed by atoms with Gasteiger partial charge in [0.25, 0.3) is 0 Å². The van der Waals surface area contributed by atoms with E-state index in [4.69, 9.17) is 0 Å². The molecule has 1 N–H and O–H groups in total. The Labute approximate surface area is 110 Å². The van der Waals surface area contributed by atoms with E-state index in [1.54, 1.807) is 0 Å². The molecule has 4 heteroatoms. The van der Waals surface area contributed by atoms with Crippen molar-refractivity contribution in [1.82, 2.24) is 14.9 Å². The number of nitrogens with zero attached hydrogens (tertiary/aromatic N) is 2. The largest absolute Gasteiger partial charge is 0.337 e. The van der Waals surface area contributed by atoms with Gasteiger partial charge in [0.2, 0.25) is 0 Å². The molecule has 0 aliphatic carbocycles. The zero-order valence-electron chi connectivity index (χ0n) is 10.0. The number of hydrogen-bond acceptors (Lipinski definition) is 2. The molecule has 2 aromatic rings. The molecule has 0 saturated carbocycles. The molecule has 17 heavy (non-hydrogen) atoms. The number of aryl methyl sites for hydroxylation is 1. The van der Waals surface area contributed by atoms with Gasteiger partial charge in [0.05, 0.1) is 12.0 Å².